The number of halogens is 7. The van der Waals surface area contributed by atoms with Gasteiger partial charge in [-0.15, -0.1) is 0 Å². The zero-order chi connectivity index (χ0) is 24.8. The largest absolute Gasteiger partial charge is 0.416 e. The van der Waals surface area contributed by atoms with E-state index in [1.54, 1.807) is 5.06 Å². The van der Waals surface area contributed by atoms with Crippen LogP contribution in [0.3, 0.4) is 0 Å². The average Bonchev–Trinajstić information content (AvgIpc) is 3.11. The molecule has 2 aromatic rings. The zero-order valence-electron chi connectivity index (χ0n) is 17.8. The molecule has 0 aromatic heterocycles. The summed E-state index contributed by atoms with van der Waals surface area (Å²) in [5, 5.41) is 4.47. The highest BCUT2D eigenvalue weighted by atomic mass is 79.9. The summed E-state index contributed by atoms with van der Waals surface area (Å²) < 4.78 is 80.5. The molecule has 34 heavy (non-hydrogen) atoms. The van der Waals surface area contributed by atoms with E-state index in [1.165, 1.54) is 0 Å². The maximum Gasteiger partial charge on any atom is 0.416 e. The van der Waals surface area contributed by atoms with Gasteiger partial charge in [-0.2, -0.15) is 31.4 Å². The van der Waals surface area contributed by atoms with Gasteiger partial charge in [-0.25, -0.2) is 0 Å². The summed E-state index contributed by atoms with van der Waals surface area (Å²) in [5.74, 6) is 0.0794. The van der Waals surface area contributed by atoms with E-state index in [1.807, 2.05) is 36.2 Å². The molecule has 0 saturated carbocycles. The quantitative estimate of drug-likeness (QED) is 0.330. The highest BCUT2D eigenvalue weighted by Gasteiger charge is 2.44. The lowest BCUT2D eigenvalue weighted by atomic mass is 9.86. The Morgan fingerprint density at radius 3 is 2.26 bits per heavy atom. The lowest BCUT2D eigenvalue weighted by Gasteiger charge is -2.43. The second kappa shape index (κ2) is 9.29. The van der Waals surface area contributed by atoms with Gasteiger partial charge in [-0.05, 0) is 48.5 Å². The van der Waals surface area contributed by atoms with Gasteiger partial charge in [0.2, 0.25) is 0 Å². The molecule has 2 heterocycles. The first kappa shape index (κ1) is 25.2. The molecule has 0 radical (unpaired) electrons. The normalized spacial score (nSPS) is 23.6. The Balaban J connectivity index is 1.67. The number of benzene rings is 2. The van der Waals surface area contributed by atoms with E-state index in [0.29, 0.717) is 31.7 Å². The van der Waals surface area contributed by atoms with E-state index >= 15 is 0 Å². The van der Waals surface area contributed by atoms with Gasteiger partial charge in [0.05, 0.1) is 23.8 Å². The molecule has 0 aliphatic carbocycles. The molecule has 0 spiro atoms. The molecule has 2 saturated heterocycles. The van der Waals surface area contributed by atoms with Gasteiger partial charge in [0.25, 0.3) is 0 Å². The molecule has 2 aromatic carbocycles. The molecule has 2 aliphatic heterocycles. The predicted octanol–water partition coefficient (Wildman–Crippen LogP) is 6.49. The van der Waals surface area contributed by atoms with E-state index in [0.717, 1.165) is 10.0 Å². The first-order chi connectivity index (χ1) is 15.8. The summed E-state index contributed by atoms with van der Waals surface area (Å²) in [4.78, 5) is 7.46. The van der Waals surface area contributed by atoms with Crippen molar-refractivity contribution in [3.8, 4) is 0 Å². The van der Waals surface area contributed by atoms with Crippen molar-refractivity contribution >= 4 is 38.9 Å². The molecule has 0 amide bonds. The number of hydrogen-bond donors (Lipinski definition) is 1. The summed E-state index contributed by atoms with van der Waals surface area (Å²) in [7, 11) is 1.84. The van der Waals surface area contributed by atoms with Gasteiger partial charge in [-0.3, -0.25) is 4.84 Å². The van der Waals surface area contributed by atoms with Crippen LogP contribution in [0.5, 0.6) is 0 Å². The first-order valence-corrected chi connectivity index (χ1v) is 11.5. The number of nitrogens with zero attached hydrogens (tertiary/aromatic N) is 2. The van der Waals surface area contributed by atoms with Gasteiger partial charge in [-0.1, -0.05) is 34.1 Å². The molecule has 4 nitrogen and oxygen atoms in total. The summed E-state index contributed by atoms with van der Waals surface area (Å²) in [6, 6.07) is 8.68. The lowest BCUT2D eigenvalue weighted by molar-refractivity contribution is -0.143. The van der Waals surface area contributed by atoms with Gasteiger partial charge < -0.3 is 10.2 Å². The van der Waals surface area contributed by atoms with Crippen molar-refractivity contribution in [3.05, 3.63) is 63.6 Å². The van der Waals surface area contributed by atoms with Crippen molar-refractivity contribution in [1.29, 1.82) is 0 Å². The van der Waals surface area contributed by atoms with Crippen LogP contribution in [0.4, 0.5) is 32.0 Å². The van der Waals surface area contributed by atoms with Crippen LogP contribution in [0.25, 0.3) is 0 Å². The van der Waals surface area contributed by atoms with E-state index in [4.69, 9.17) is 17.1 Å². The number of nitrogens with one attached hydrogen (secondary N) is 1. The Morgan fingerprint density at radius 2 is 1.68 bits per heavy atom. The Kier molecular flexibility index (Phi) is 6.89. The monoisotopic (exact) mass is 567 g/mol. The molecule has 0 unspecified atom stereocenters. The maximum absolute atomic E-state index is 13.3. The van der Waals surface area contributed by atoms with Crippen molar-refractivity contribution in [2.75, 3.05) is 25.5 Å². The van der Waals surface area contributed by atoms with Gasteiger partial charge in [0.1, 0.15) is 0 Å². The Hall–Kier alpha value is -1.89. The Morgan fingerprint density at radius 1 is 1.06 bits per heavy atom. The first-order valence-electron chi connectivity index (χ1n) is 10.3. The molecule has 184 valence electrons. The van der Waals surface area contributed by atoms with Crippen LogP contribution in [0.2, 0.25) is 0 Å². The summed E-state index contributed by atoms with van der Waals surface area (Å²) in [6.45, 7) is 0.878. The number of fused-ring (bicyclic) bond motifs is 1. The average molecular weight is 568 g/mol. The van der Waals surface area contributed by atoms with Crippen molar-refractivity contribution < 1.29 is 31.2 Å². The Bertz CT molecular complexity index is 1050. The van der Waals surface area contributed by atoms with Crippen molar-refractivity contribution in [2.24, 2.45) is 5.92 Å². The molecule has 0 bridgehead atoms. The number of likely N-dealkylation sites (tertiary alicyclic amines) is 1. The third-order valence-corrected chi connectivity index (χ3v) is 7.20. The van der Waals surface area contributed by atoms with Crippen LogP contribution in [0.15, 0.2) is 46.9 Å². The minimum Gasteiger partial charge on any atom is -0.341 e. The molecule has 3 atom stereocenters. The fraction of sp³-hybridized carbons (Fsp3) is 0.409. The summed E-state index contributed by atoms with van der Waals surface area (Å²) >= 11 is 9.06. The summed E-state index contributed by atoms with van der Waals surface area (Å²) in [5.41, 5.74) is -2.27. The SMILES string of the molecule is CN1OC[C@@H]2CN(C(=S)Nc3cc(C(F)(F)F)cc(C(F)(F)F)c3)[C@H](c3ccccc3Br)C[C@@H]21. The predicted molar refractivity (Wildman–Crippen MR) is 122 cm³/mol. The minimum absolute atomic E-state index is 0.0428. The zero-order valence-corrected chi connectivity index (χ0v) is 20.2. The lowest BCUT2D eigenvalue weighted by Crippen LogP contribution is -2.50. The van der Waals surface area contributed by atoms with Crippen LogP contribution < -0.4 is 5.32 Å². The van der Waals surface area contributed by atoms with Crippen LogP contribution in [-0.2, 0) is 17.2 Å². The standard InChI is InChI=1S/C22H20BrF6N3OS/c1-31-18-9-19(16-4-2-3-5-17(16)23)32(10-12(18)11-33-31)20(34)30-15-7-13(21(24,25)26)6-14(8-15)22(27,28)29/h2-8,12,18-19H,9-11H2,1H3,(H,30,34)/t12-,18-,19-/m0/s1. The fourth-order valence-electron chi connectivity index (χ4n) is 4.46. The number of piperidine rings is 1. The molecule has 12 heteroatoms. The van der Waals surface area contributed by atoms with Gasteiger partial charge in [0, 0.05) is 35.7 Å². The number of alkyl halides is 6. The van der Waals surface area contributed by atoms with Crippen molar-refractivity contribution in [1.82, 2.24) is 9.96 Å². The smallest absolute Gasteiger partial charge is 0.341 e. The molecular formula is C22H20BrF6N3OS. The number of anilines is 1. The second-order valence-corrected chi connectivity index (χ2v) is 9.56. The number of hydrogen-bond acceptors (Lipinski definition) is 3. The topological polar surface area (TPSA) is 27.7 Å². The van der Waals surface area contributed by atoms with E-state index in [2.05, 4.69) is 21.2 Å². The van der Waals surface area contributed by atoms with Crippen molar-refractivity contribution in [3.63, 3.8) is 0 Å². The van der Waals surface area contributed by atoms with Gasteiger partial charge >= 0.3 is 12.4 Å². The van der Waals surface area contributed by atoms with Crippen LogP contribution >= 0.6 is 28.1 Å². The van der Waals surface area contributed by atoms with Gasteiger partial charge in [0.15, 0.2) is 5.11 Å². The summed E-state index contributed by atoms with van der Waals surface area (Å²) in [6.07, 6.45) is -9.27. The highest BCUT2D eigenvalue weighted by Crippen LogP contribution is 2.42. The van der Waals surface area contributed by atoms with Crippen LogP contribution in [0.1, 0.15) is 29.2 Å². The van der Waals surface area contributed by atoms with E-state index in [-0.39, 0.29) is 34.9 Å². The van der Waals surface area contributed by atoms with Crippen LogP contribution in [-0.4, -0.2) is 41.3 Å². The second-order valence-electron chi connectivity index (χ2n) is 8.32. The fourth-order valence-corrected chi connectivity index (χ4v) is 5.32. The molecule has 2 fully saturated rings. The number of thiocarbonyl (C=S) groups is 1. The minimum atomic E-state index is -4.94. The van der Waals surface area contributed by atoms with Crippen LogP contribution in [0, 0.1) is 5.92 Å². The maximum atomic E-state index is 13.3. The molecule has 1 N–H and O–H groups in total. The van der Waals surface area contributed by atoms with E-state index < -0.39 is 23.5 Å². The molecule has 2 aliphatic rings. The highest BCUT2D eigenvalue weighted by molar-refractivity contribution is 9.10. The van der Waals surface area contributed by atoms with E-state index in [9.17, 15) is 26.3 Å². The van der Waals surface area contributed by atoms with Crippen molar-refractivity contribution in [2.45, 2.75) is 30.9 Å². The molecular weight excluding hydrogens is 548 g/mol. The molecule has 4 rings (SSSR count). The third-order valence-electron chi connectivity index (χ3n) is 6.14. The number of rotatable bonds is 2. The Labute approximate surface area is 205 Å². The number of hydroxylamine groups is 2. The third kappa shape index (κ3) is 5.19.